The molecule has 2 N–H and O–H groups in total. The number of fused-ring (bicyclic) bond motifs is 1. The van der Waals surface area contributed by atoms with E-state index in [4.69, 9.17) is 6.57 Å². The summed E-state index contributed by atoms with van der Waals surface area (Å²) in [5.74, 6) is -0.437. The number of pyridine rings is 1. The van der Waals surface area contributed by atoms with E-state index < -0.39 is 17.4 Å². The standard InChI is InChI=1S/C24H22F3N5O2/c1-3-22(33)31-16-8-7-14-13-32(23(34)18(14)10-16)17-6-4-5-15(9-17)30-21-11-19(24(25,26)27)20(28-2)12-29-21/h3,7-8,10-12,15,17H,1,4-6,9,13H2,(H,29,30)(H,31,33)/t15-,17+/m1/s1. The molecule has 0 saturated heterocycles. The number of nitrogens with zero attached hydrogens (tertiary/aromatic N) is 3. The topological polar surface area (TPSA) is 78.7 Å². The lowest BCUT2D eigenvalue weighted by Gasteiger charge is -2.35. The number of amides is 2. The van der Waals surface area contributed by atoms with E-state index in [0.717, 1.165) is 43.2 Å². The lowest BCUT2D eigenvalue weighted by atomic mass is 9.90. The van der Waals surface area contributed by atoms with Gasteiger partial charge >= 0.3 is 6.18 Å². The second-order valence-corrected chi connectivity index (χ2v) is 8.36. The van der Waals surface area contributed by atoms with Crippen molar-refractivity contribution in [2.75, 3.05) is 10.6 Å². The molecule has 4 rings (SSSR count). The molecule has 7 nitrogen and oxygen atoms in total. The number of halogens is 3. The van der Waals surface area contributed by atoms with Crippen LogP contribution in [0.4, 0.5) is 30.4 Å². The van der Waals surface area contributed by atoms with Crippen LogP contribution in [0.2, 0.25) is 0 Å². The zero-order valence-electron chi connectivity index (χ0n) is 18.2. The van der Waals surface area contributed by atoms with Crippen LogP contribution >= 0.6 is 0 Å². The fourth-order valence-corrected chi connectivity index (χ4v) is 4.52. The lowest BCUT2D eigenvalue weighted by Crippen LogP contribution is -2.42. The van der Waals surface area contributed by atoms with Crippen LogP contribution in [0.3, 0.4) is 0 Å². The largest absolute Gasteiger partial charge is 0.407 e. The van der Waals surface area contributed by atoms with Crippen LogP contribution in [0.15, 0.2) is 43.1 Å². The molecule has 2 heterocycles. The van der Waals surface area contributed by atoms with Gasteiger partial charge in [0.25, 0.3) is 5.91 Å². The number of aromatic nitrogens is 1. The monoisotopic (exact) mass is 469 g/mol. The van der Waals surface area contributed by atoms with Gasteiger partial charge in [0.05, 0.1) is 12.1 Å². The summed E-state index contributed by atoms with van der Waals surface area (Å²) in [5.41, 5.74) is 0.350. The van der Waals surface area contributed by atoms with Gasteiger partial charge in [-0.25, -0.2) is 4.85 Å². The smallest absolute Gasteiger partial charge is 0.367 e. The number of rotatable bonds is 5. The molecular formula is C24H22F3N5O2. The van der Waals surface area contributed by atoms with E-state index in [-0.39, 0.29) is 29.7 Å². The van der Waals surface area contributed by atoms with Crippen LogP contribution < -0.4 is 10.6 Å². The van der Waals surface area contributed by atoms with Crippen molar-refractivity contribution < 1.29 is 22.8 Å². The Hall–Kier alpha value is -3.87. The highest BCUT2D eigenvalue weighted by Crippen LogP contribution is 2.38. The van der Waals surface area contributed by atoms with E-state index in [1.807, 2.05) is 6.07 Å². The Bertz CT molecular complexity index is 1190. The average molecular weight is 469 g/mol. The highest BCUT2D eigenvalue weighted by atomic mass is 19.4. The van der Waals surface area contributed by atoms with E-state index in [1.165, 1.54) is 0 Å². The van der Waals surface area contributed by atoms with E-state index in [0.29, 0.717) is 24.2 Å². The summed E-state index contributed by atoms with van der Waals surface area (Å²) in [7, 11) is 0. The second-order valence-electron chi connectivity index (χ2n) is 8.36. The third-order valence-electron chi connectivity index (χ3n) is 6.14. The van der Waals surface area contributed by atoms with Gasteiger partial charge in [0.2, 0.25) is 11.6 Å². The first-order valence-electron chi connectivity index (χ1n) is 10.8. The summed E-state index contributed by atoms with van der Waals surface area (Å²) in [5, 5.41) is 5.71. The lowest BCUT2D eigenvalue weighted by molar-refractivity contribution is -0.136. The molecule has 1 aliphatic heterocycles. The Morgan fingerprint density at radius 1 is 1.29 bits per heavy atom. The van der Waals surface area contributed by atoms with Crippen molar-refractivity contribution in [1.82, 2.24) is 9.88 Å². The Kier molecular flexibility index (Phi) is 6.28. The van der Waals surface area contributed by atoms with Gasteiger partial charge in [0, 0.05) is 36.1 Å². The minimum absolute atomic E-state index is 0.0593. The second kappa shape index (κ2) is 9.17. The van der Waals surface area contributed by atoms with Crippen molar-refractivity contribution >= 4 is 29.0 Å². The SMILES string of the molecule is [C-]#[N+]c1cnc(N[C@@H]2CCC[C@H](N3Cc4ccc(NC(=O)C=C)cc4C3=O)C2)cc1C(F)(F)F. The Morgan fingerprint density at radius 2 is 2.09 bits per heavy atom. The van der Waals surface area contributed by atoms with Gasteiger partial charge in [-0.1, -0.05) is 12.6 Å². The van der Waals surface area contributed by atoms with Crippen LogP contribution in [0, 0.1) is 6.57 Å². The minimum Gasteiger partial charge on any atom is -0.367 e. The number of carbonyl (C=O) groups is 2. The molecule has 2 aliphatic rings. The molecule has 1 aromatic carbocycles. The maximum Gasteiger partial charge on any atom is 0.407 e. The first kappa shape index (κ1) is 23.3. The highest BCUT2D eigenvalue weighted by Gasteiger charge is 2.37. The normalized spacial score (nSPS) is 19.8. The molecule has 2 amide bonds. The van der Waals surface area contributed by atoms with Gasteiger partial charge in [0.15, 0.2) is 0 Å². The molecule has 2 aromatic rings. The number of nitrogens with one attached hydrogen (secondary N) is 2. The Morgan fingerprint density at radius 3 is 2.79 bits per heavy atom. The maximum absolute atomic E-state index is 13.3. The number of benzene rings is 1. The molecule has 1 aromatic heterocycles. The van der Waals surface area contributed by atoms with Crippen molar-refractivity contribution in [3.63, 3.8) is 0 Å². The molecular weight excluding hydrogens is 447 g/mol. The third-order valence-corrected chi connectivity index (χ3v) is 6.14. The summed E-state index contributed by atoms with van der Waals surface area (Å²) in [6.45, 7) is 10.8. The minimum atomic E-state index is -4.65. The first-order valence-corrected chi connectivity index (χ1v) is 10.8. The highest BCUT2D eigenvalue weighted by molar-refractivity contribution is 6.02. The molecule has 0 radical (unpaired) electrons. The molecule has 176 valence electrons. The third kappa shape index (κ3) is 4.73. The molecule has 2 atom stereocenters. The van der Waals surface area contributed by atoms with Crippen molar-refractivity contribution in [3.8, 4) is 0 Å². The number of hydrogen-bond acceptors (Lipinski definition) is 4. The summed E-state index contributed by atoms with van der Waals surface area (Å²) in [6.07, 6.45) is 0.321. The van der Waals surface area contributed by atoms with E-state index >= 15 is 0 Å². The number of anilines is 2. The van der Waals surface area contributed by atoms with Crippen LogP contribution in [0.1, 0.15) is 47.2 Å². The van der Waals surface area contributed by atoms with Gasteiger partial charge in [-0.05, 0) is 55.5 Å². The predicted octanol–water partition coefficient (Wildman–Crippen LogP) is 5.15. The van der Waals surface area contributed by atoms with Gasteiger partial charge in [-0.2, -0.15) is 13.2 Å². The number of hydrogen-bond donors (Lipinski definition) is 2. The Labute approximate surface area is 194 Å². The maximum atomic E-state index is 13.3. The average Bonchev–Trinajstić information content (AvgIpc) is 3.14. The fraction of sp³-hybridized carbons (Fsp3) is 0.333. The van der Waals surface area contributed by atoms with Crippen molar-refractivity contribution in [2.45, 2.75) is 50.5 Å². The zero-order valence-corrected chi connectivity index (χ0v) is 18.2. The van der Waals surface area contributed by atoms with Crippen molar-refractivity contribution in [3.05, 3.63) is 71.2 Å². The van der Waals surface area contributed by atoms with E-state index in [2.05, 4.69) is 27.0 Å². The zero-order chi connectivity index (χ0) is 24.5. The quantitative estimate of drug-likeness (QED) is 0.469. The van der Waals surface area contributed by atoms with Crippen LogP contribution in [-0.4, -0.2) is 33.8 Å². The molecule has 1 fully saturated rings. The Balaban J connectivity index is 1.46. The van der Waals surface area contributed by atoms with Crippen molar-refractivity contribution in [2.24, 2.45) is 0 Å². The molecule has 0 unspecified atom stereocenters. The fourth-order valence-electron chi connectivity index (χ4n) is 4.52. The summed E-state index contributed by atoms with van der Waals surface area (Å²) < 4.78 is 39.8. The molecule has 1 aliphatic carbocycles. The van der Waals surface area contributed by atoms with Crippen LogP contribution in [0.5, 0.6) is 0 Å². The van der Waals surface area contributed by atoms with Gasteiger partial charge in [-0.3, -0.25) is 14.6 Å². The van der Waals surface area contributed by atoms with Gasteiger partial charge in [-0.15, -0.1) is 0 Å². The predicted molar refractivity (Wildman–Crippen MR) is 120 cm³/mol. The molecule has 0 bridgehead atoms. The summed E-state index contributed by atoms with van der Waals surface area (Å²) in [6, 6.07) is 5.82. The summed E-state index contributed by atoms with van der Waals surface area (Å²) in [4.78, 5) is 33.3. The van der Waals surface area contributed by atoms with Gasteiger partial charge < -0.3 is 15.5 Å². The molecule has 1 saturated carbocycles. The molecule has 34 heavy (non-hydrogen) atoms. The number of alkyl halides is 3. The van der Waals surface area contributed by atoms with Crippen LogP contribution in [0.25, 0.3) is 4.85 Å². The van der Waals surface area contributed by atoms with Crippen LogP contribution in [-0.2, 0) is 17.5 Å². The van der Waals surface area contributed by atoms with Gasteiger partial charge in [0.1, 0.15) is 5.82 Å². The van der Waals surface area contributed by atoms with E-state index in [1.54, 1.807) is 17.0 Å². The van der Waals surface area contributed by atoms with E-state index in [9.17, 15) is 22.8 Å². The molecule has 10 heteroatoms. The summed E-state index contributed by atoms with van der Waals surface area (Å²) >= 11 is 0. The number of carbonyl (C=O) groups excluding carboxylic acids is 2. The molecule has 0 spiro atoms. The first-order chi connectivity index (χ1) is 16.2. The van der Waals surface area contributed by atoms with Crippen molar-refractivity contribution in [1.29, 1.82) is 0 Å².